The van der Waals surface area contributed by atoms with Crippen molar-refractivity contribution in [2.45, 2.75) is 26.7 Å². The summed E-state index contributed by atoms with van der Waals surface area (Å²) in [6.07, 6.45) is 5.03. The van der Waals surface area contributed by atoms with Crippen LogP contribution in [0.1, 0.15) is 22.3 Å². The number of para-hydroxylation sites is 2. The Morgan fingerprint density at radius 2 is 1.08 bits per heavy atom. The van der Waals surface area contributed by atoms with Gasteiger partial charge in [-0.15, -0.1) is 13.2 Å². The van der Waals surface area contributed by atoms with Gasteiger partial charge >= 0.3 is 26.2 Å². The van der Waals surface area contributed by atoms with Crippen LogP contribution in [0.2, 0.25) is 0 Å². The van der Waals surface area contributed by atoms with E-state index in [1.54, 1.807) is 12.2 Å². The molecule has 0 aromatic heterocycles. The van der Waals surface area contributed by atoms with E-state index in [2.05, 4.69) is 13.2 Å². The number of aryl methyl sites for hydroxylation is 2. The first-order valence-corrected chi connectivity index (χ1v) is 7.28. The summed E-state index contributed by atoms with van der Waals surface area (Å²) in [5.41, 5.74) is 3.73. The topological polar surface area (TPSA) is 40.5 Å². The minimum atomic E-state index is 0. The van der Waals surface area contributed by atoms with Crippen LogP contribution in [0.4, 0.5) is 0 Å². The molecule has 134 valence electrons. The van der Waals surface area contributed by atoms with Gasteiger partial charge in [-0.2, -0.15) is 0 Å². The standard InChI is InChI=1S/2C10H12O.2ClH.Zr/c2*1-3-5-9-7-4-6-8(2)10(9)11;;;/h2*3-4,6-7,11H,1,5H2,2H3;2*1H;/q;;;;+2/p-2. The first-order valence-electron chi connectivity index (χ1n) is 7.28. The summed E-state index contributed by atoms with van der Waals surface area (Å²) >= 11 is 0. The quantitative estimate of drug-likeness (QED) is 0.569. The summed E-state index contributed by atoms with van der Waals surface area (Å²) in [6.45, 7) is 11.0. The van der Waals surface area contributed by atoms with E-state index in [0.29, 0.717) is 11.5 Å². The smallest absolute Gasteiger partial charge is 1.00 e. The van der Waals surface area contributed by atoms with Gasteiger partial charge in [0.2, 0.25) is 0 Å². The Morgan fingerprint density at radius 1 is 0.760 bits per heavy atom. The Kier molecular flexibility index (Phi) is 17.6. The summed E-state index contributed by atoms with van der Waals surface area (Å²) in [7, 11) is 0. The van der Waals surface area contributed by atoms with E-state index in [4.69, 9.17) is 0 Å². The number of hydrogen-bond donors (Lipinski definition) is 2. The fourth-order valence-electron chi connectivity index (χ4n) is 2.08. The maximum atomic E-state index is 9.48. The predicted molar refractivity (Wildman–Crippen MR) is 93.5 cm³/mol. The molecule has 0 fully saturated rings. The third-order valence-electron chi connectivity index (χ3n) is 3.37. The molecule has 5 heteroatoms. The summed E-state index contributed by atoms with van der Waals surface area (Å²) < 4.78 is 0. The SMILES string of the molecule is C=CCc1cccc(C)c1O.C=CCc1cccc(C)c1O.[Cl-].[Cl-].[Zr+2]. The molecule has 0 unspecified atom stereocenters. The van der Waals surface area contributed by atoms with E-state index < -0.39 is 0 Å². The molecule has 0 aliphatic carbocycles. The second-order valence-electron chi connectivity index (χ2n) is 5.15. The monoisotopic (exact) mass is 456 g/mol. The molecule has 0 amide bonds. The van der Waals surface area contributed by atoms with Gasteiger partial charge < -0.3 is 35.0 Å². The van der Waals surface area contributed by atoms with E-state index >= 15 is 0 Å². The fraction of sp³-hybridized carbons (Fsp3) is 0.200. The number of aromatic hydroxyl groups is 2. The molecule has 0 bridgehead atoms. The van der Waals surface area contributed by atoms with Crippen molar-refractivity contribution < 1.29 is 61.2 Å². The summed E-state index contributed by atoms with van der Waals surface area (Å²) in [6, 6.07) is 11.5. The second kappa shape index (κ2) is 15.3. The Labute approximate surface area is 182 Å². The largest absolute Gasteiger partial charge is 2.00 e. The normalized spacial score (nSPS) is 8.40. The number of halogens is 2. The molecule has 0 spiro atoms. The molecule has 0 aliphatic heterocycles. The van der Waals surface area contributed by atoms with Crippen LogP contribution in [0.15, 0.2) is 61.7 Å². The zero-order chi connectivity index (χ0) is 16.5. The first-order chi connectivity index (χ1) is 10.5. The number of hydrogen-bond acceptors (Lipinski definition) is 2. The molecule has 2 aromatic carbocycles. The fourth-order valence-corrected chi connectivity index (χ4v) is 2.08. The third-order valence-corrected chi connectivity index (χ3v) is 3.37. The van der Waals surface area contributed by atoms with Gasteiger partial charge in [0.15, 0.2) is 0 Å². The minimum absolute atomic E-state index is 0. The average Bonchev–Trinajstić information content (AvgIpc) is 2.50. The minimum Gasteiger partial charge on any atom is -1.00 e. The summed E-state index contributed by atoms with van der Waals surface area (Å²) in [5, 5.41) is 19.0. The number of benzene rings is 2. The van der Waals surface area contributed by atoms with Crippen LogP contribution in [0.5, 0.6) is 11.5 Å². The van der Waals surface area contributed by atoms with Crippen molar-refractivity contribution in [3.63, 3.8) is 0 Å². The maximum Gasteiger partial charge on any atom is 2.00 e. The van der Waals surface area contributed by atoms with Gasteiger partial charge in [-0.1, -0.05) is 48.6 Å². The summed E-state index contributed by atoms with van der Waals surface area (Å²) in [5.74, 6) is 0.791. The molecular formula is C20H24Cl2O2Zr. The van der Waals surface area contributed by atoms with Gasteiger partial charge in [0, 0.05) is 0 Å². The molecule has 25 heavy (non-hydrogen) atoms. The average molecular weight is 459 g/mol. The van der Waals surface area contributed by atoms with E-state index in [1.165, 1.54) is 0 Å². The number of phenolic OH excluding ortho intramolecular Hbond substituents is 2. The zero-order valence-corrected chi connectivity index (χ0v) is 18.6. The van der Waals surface area contributed by atoms with Crippen LogP contribution < -0.4 is 24.8 Å². The van der Waals surface area contributed by atoms with Crippen LogP contribution in [0.25, 0.3) is 0 Å². The van der Waals surface area contributed by atoms with E-state index in [-0.39, 0.29) is 51.0 Å². The Bertz CT molecular complexity index is 601. The summed E-state index contributed by atoms with van der Waals surface area (Å²) in [4.78, 5) is 0. The van der Waals surface area contributed by atoms with Crippen LogP contribution in [-0.2, 0) is 39.0 Å². The van der Waals surface area contributed by atoms with Crippen molar-refractivity contribution in [3.8, 4) is 11.5 Å². The number of rotatable bonds is 4. The van der Waals surface area contributed by atoms with Gasteiger partial charge in [-0.25, -0.2) is 0 Å². The Balaban J connectivity index is -0.000000346. The van der Waals surface area contributed by atoms with Gasteiger partial charge in [0.25, 0.3) is 0 Å². The first kappa shape index (κ1) is 28.8. The second-order valence-corrected chi connectivity index (χ2v) is 5.15. The predicted octanol–water partition coefficient (Wildman–Crippen LogP) is -1.14. The molecule has 2 N–H and O–H groups in total. The van der Waals surface area contributed by atoms with E-state index in [9.17, 15) is 10.2 Å². The zero-order valence-electron chi connectivity index (χ0n) is 14.6. The van der Waals surface area contributed by atoms with Crippen molar-refractivity contribution >= 4 is 0 Å². The van der Waals surface area contributed by atoms with Crippen LogP contribution in [-0.4, -0.2) is 10.2 Å². The van der Waals surface area contributed by atoms with Crippen LogP contribution in [0, 0.1) is 13.8 Å². The molecule has 2 nitrogen and oxygen atoms in total. The number of phenols is 2. The Morgan fingerprint density at radius 3 is 1.36 bits per heavy atom. The number of allylic oxidation sites excluding steroid dienone is 2. The third kappa shape index (κ3) is 9.30. The van der Waals surface area contributed by atoms with E-state index in [0.717, 1.165) is 35.1 Å². The molecule has 0 saturated heterocycles. The van der Waals surface area contributed by atoms with Gasteiger partial charge in [-0.05, 0) is 48.9 Å². The molecule has 0 saturated carbocycles. The van der Waals surface area contributed by atoms with Crippen molar-refractivity contribution in [3.05, 3.63) is 84.0 Å². The van der Waals surface area contributed by atoms with Gasteiger partial charge in [0.1, 0.15) is 11.5 Å². The maximum absolute atomic E-state index is 9.48. The molecule has 2 aromatic rings. The van der Waals surface area contributed by atoms with E-state index in [1.807, 2.05) is 50.2 Å². The molecule has 0 atom stereocenters. The molecular weight excluding hydrogens is 434 g/mol. The van der Waals surface area contributed by atoms with Crippen LogP contribution >= 0.6 is 0 Å². The molecule has 0 aliphatic rings. The molecule has 0 radical (unpaired) electrons. The van der Waals surface area contributed by atoms with Gasteiger partial charge in [-0.3, -0.25) is 0 Å². The van der Waals surface area contributed by atoms with Crippen molar-refractivity contribution in [1.29, 1.82) is 0 Å². The van der Waals surface area contributed by atoms with Crippen LogP contribution in [0.3, 0.4) is 0 Å². The Hall–Kier alpha value is -1.02. The van der Waals surface area contributed by atoms with Crippen molar-refractivity contribution in [2.24, 2.45) is 0 Å². The van der Waals surface area contributed by atoms with Gasteiger partial charge in [0.05, 0.1) is 0 Å². The van der Waals surface area contributed by atoms with Crippen molar-refractivity contribution in [2.75, 3.05) is 0 Å². The molecule has 2 rings (SSSR count). The molecule has 0 heterocycles. The van der Waals surface area contributed by atoms with Crippen molar-refractivity contribution in [1.82, 2.24) is 0 Å².